The molecule has 0 fully saturated rings. The molecule has 0 aliphatic rings. The van der Waals surface area contributed by atoms with E-state index in [0.717, 1.165) is 33.1 Å². The minimum atomic E-state index is -0.978. The lowest BCUT2D eigenvalue weighted by molar-refractivity contribution is -0.137. The average Bonchev–Trinajstić information content (AvgIpc) is 3.28. The summed E-state index contributed by atoms with van der Waals surface area (Å²) in [4.78, 5) is 25.7. The van der Waals surface area contributed by atoms with Gasteiger partial charge in [-0.05, 0) is 53.9 Å². The number of carbonyl (C=O) groups is 1. The van der Waals surface area contributed by atoms with E-state index in [-0.39, 0.29) is 12.1 Å². The number of halogens is 1. The molecular weight excluding hydrogens is 450 g/mol. The molecule has 0 spiro atoms. The van der Waals surface area contributed by atoms with Crippen LogP contribution in [0.2, 0.25) is 5.02 Å². The molecule has 0 aliphatic carbocycles. The molecule has 34 heavy (non-hydrogen) atoms. The summed E-state index contributed by atoms with van der Waals surface area (Å²) >= 11 is 6.06. The third-order valence-corrected chi connectivity index (χ3v) is 6.69. The first-order valence-corrected chi connectivity index (χ1v) is 11.4. The Morgan fingerprint density at radius 2 is 1.65 bits per heavy atom. The third-order valence-electron chi connectivity index (χ3n) is 6.43. The predicted octanol–water partition coefficient (Wildman–Crippen LogP) is 5.37. The number of benzene rings is 3. The SMILES string of the molecule is Cc1cccc2c1c(Cn1c(=O)n([C@H](CC(=O)O)c3ccc(Cl)cc3)c3ccccc31)cn2C. The lowest BCUT2D eigenvalue weighted by atomic mass is 10.0. The Morgan fingerprint density at radius 1 is 0.971 bits per heavy atom. The van der Waals surface area contributed by atoms with Gasteiger partial charge >= 0.3 is 11.7 Å². The number of aliphatic carboxylic acids is 1. The van der Waals surface area contributed by atoms with Crippen molar-refractivity contribution in [1.82, 2.24) is 13.7 Å². The summed E-state index contributed by atoms with van der Waals surface area (Å²) < 4.78 is 5.41. The largest absolute Gasteiger partial charge is 0.481 e. The number of aryl methyl sites for hydroxylation is 2. The van der Waals surface area contributed by atoms with E-state index in [4.69, 9.17) is 11.6 Å². The van der Waals surface area contributed by atoms with Gasteiger partial charge in [-0.15, -0.1) is 0 Å². The first kappa shape index (κ1) is 22.0. The van der Waals surface area contributed by atoms with Crippen molar-refractivity contribution in [2.24, 2.45) is 7.05 Å². The van der Waals surface area contributed by atoms with Gasteiger partial charge in [-0.2, -0.15) is 0 Å². The van der Waals surface area contributed by atoms with Crippen LogP contribution in [0.4, 0.5) is 0 Å². The molecule has 5 rings (SSSR count). The fraction of sp³-hybridized carbons (Fsp3) is 0.185. The highest BCUT2D eigenvalue weighted by atomic mass is 35.5. The quantitative estimate of drug-likeness (QED) is 0.360. The van der Waals surface area contributed by atoms with Crippen molar-refractivity contribution >= 4 is 39.5 Å². The van der Waals surface area contributed by atoms with Crippen LogP contribution in [-0.4, -0.2) is 24.8 Å². The number of imidazole rings is 1. The van der Waals surface area contributed by atoms with Crippen LogP contribution >= 0.6 is 11.6 Å². The van der Waals surface area contributed by atoms with Crippen molar-refractivity contribution in [2.45, 2.75) is 25.9 Å². The van der Waals surface area contributed by atoms with Crippen molar-refractivity contribution < 1.29 is 9.90 Å². The number of rotatable bonds is 6. The van der Waals surface area contributed by atoms with Crippen LogP contribution in [0.5, 0.6) is 0 Å². The minimum absolute atomic E-state index is 0.219. The van der Waals surface area contributed by atoms with Crippen molar-refractivity contribution in [3.63, 3.8) is 0 Å². The van der Waals surface area contributed by atoms with Gasteiger partial charge in [-0.25, -0.2) is 4.79 Å². The fourth-order valence-corrected chi connectivity index (χ4v) is 5.04. The topological polar surface area (TPSA) is 69.2 Å². The lowest BCUT2D eigenvalue weighted by Gasteiger charge is -2.17. The van der Waals surface area contributed by atoms with Gasteiger partial charge in [-0.3, -0.25) is 13.9 Å². The Bertz CT molecular complexity index is 1590. The van der Waals surface area contributed by atoms with Crippen LogP contribution in [-0.2, 0) is 18.4 Å². The summed E-state index contributed by atoms with van der Waals surface area (Å²) in [7, 11) is 2.00. The molecule has 0 unspecified atom stereocenters. The maximum Gasteiger partial charge on any atom is 0.330 e. The predicted molar refractivity (Wildman–Crippen MR) is 135 cm³/mol. The molecule has 5 aromatic rings. The molecule has 1 atom stereocenters. The molecule has 2 aromatic heterocycles. The van der Waals surface area contributed by atoms with E-state index in [9.17, 15) is 14.7 Å². The maximum absolute atomic E-state index is 13.9. The summed E-state index contributed by atoms with van der Waals surface area (Å²) in [5, 5.41) is 11.4. The molecule has 0 radical (unpaired) electrons. The van der Waals surface area contributed by atoms with E-state index >= 15 is 0 Å². The van der Waals surface area contributed by atoms with Gasteiger partial charge in [0.25, 0.3) is 0 Å². The molecule has 0 aliphatic heterocycles. The Kier molecular flexibility index (Phi) is 5.54. The third kappa shape index (κ3) is 3.70. The van der Waals surface area contributed by atoms with Crippen LogP contribution < -0.4 is 5.69 Å². The molecule has 7 heteroatoms. The van der Waals surface area contributed by atoms with Gasteiger partial charge in [0.1, 0.15) is 0 Å². The number of fused-ring (bicyclic) bond motifs is 2. The number of hydrogen-bond donors (Lipinski definition) is 1. The van der Waals surface area contributed by atoms with E-state index < -0.39 is 12.0 Å². The van der Waals surface area contributed by atoms with Crippen LogP contribution in [0.3, 0.4) is 0 Å². The van der Waals surface area contributed by atoms with Crippen molar-refractivity contribution in [2.75, 3.05) is 0 Å². The minimum Gasteiger partial charge on any atom is -0.481 e. The number of para-hydroxylation sites is 2. The van der Waals surface area contributed by atoms with Crippen LogP contribution in [0, 0.1) is 6.92 Å². The van der Waals surface area contributed by atoms with Gasteiger partial charge in [0.15, 0.2) is 0 Å². The zero-order chi connectivity index (χ0) is 24.0. The standard InChI is InChI=1S/C27H24ClN3O3/c1-17-6-5-9-23-26(17)19(15-29(23)2)16-30-21-7-3-4-8-22(21)31(27(30)34)24(14-25(32)33)18-10-12-20(28)13-11-18/h3-13,15,24H,14,16H2,1-2H3,(H,32,33)/t24-/m1/s1. The Labute approximate surface area is 201 Å². The summed E-state index contributed by atoms with van der Waals surface area (Å²) in [5.41, 5.74) is 5.24. The zero-order valence-electron chi connectivity index (χ0n) is 18.9. The molecule has 0 bridgehead atoms. The van der Waals surface area contributed by atoms with E-state index in [0.29, 0.717) is 17.1 Å². The van der Waals surface area contributed by atoms with Crippen molar-refractivity contribution in [3.05, 3.63) is 105 Å². The second kappa shape index (κ2) is 8.54. The second-order valence-corrected chi connectivity index (χ2v) is 9.06. The van der Waals surface area contributed by atoms with Gasteiger partial charge in [0.05, 0.1) is 30.0 Å². The molecule has 2 heterocycles. The highest BCUT2D eigenvalue weighted by Gasteiger charge is 2.25. The summed E-state index contributed by atoms with van der Waals surface area (Å²) in [6, 6.07) is 20.0. The average molecular weight is 474 g/mol. The Hall–Kier alpha value is -3.77. The van der Waals surface area contributed by atoms with E-state index in [1.54, 1.807) is 33.4 Å². The molecule has 6 nitrogen and oxygen atoms in total. The highest BCUT2D eigenvalue weighted by molar-refractivity contribution is 6.30. The second-order valence-electron chi connectivity index (χ2n) is 8.63. The van der Waals surface area contributed by atoms with Gasteiger partial charge in [-0.1, -0.05) is 48.0 Å². The molecule has 3 aromatic carbocycles. The Morgan fingerprint density at radius 3 is 2.35 bits per heavy atom. The number of nitrogens with zero attached hydrogens (tertiary/aromatic N) is 3. The first-order chi connectivity index (χ1) is 16.3. The smallest absolute Gasteiger partial charge is 0.330 e. The highest BCUT2D eigenvalue weighted by Crippen LogP contribution is 2.29. The first-order valence-electron chi connectivity index (χ1n) is 11.1. The number of carboxylic acids is 1. The van der Waals surface area contributed by atoms with E-state index in [2.05, 4.69) is 29.8 Å². The van der Waals surface area contributed by atoms with Gasteiger partial charge in [0, 0.05) is 29.2 Å². The van der Waals surface area contributed by atoms with Crippen LogP contribution in [0.1, 0.15) is 29.2 Å². The summed E-state index contributed by atoms with van der Waals surface area (Å²) in [6.45, 7) is 2.45. The van der Waals surface area contributed by atoms with E-state index in [1.165, 1.54) is 0 Å². The number of aromatic nitrogens is 3. The lowest BCUT2D eigenvalue weighted by Crippen LogP contribution is -2.29. The van der Waals surface area contributed by atoms with E-state index in [1.807, 2.05) is 37.4 Å². The fourth-order valence-electron chi connectivity index (χ4n) is 4.92. The molecule has 0 amide bonds. The number of hydrogen-bond acceptors (Lipinski definition) is 2. The van der Waals surface area contributed by atoms with Gasteiger partial charge in [0.2, 0.25) is 0 Å². The van der Waals surface area contributed by atoms with Gasteiger partial charge < -0.3 is 9.67 Å². The monoisotopic (exact) mass is 473 g/mol. The number of carboxylic acid groups (broad SMARTS) is 1. The normalized spacial score (nSPS) is 12.4. The molecule has 0 saturated heterocycles. The molecule has 172 valence electrons. The zero-order valence-corrected chi connectivity index (χ0v) is 19.7. The van der Waals surface area contributed by atoms with Crippen molar-refractivity contribution in [3.8, 4) is 0 Å². The van der Waals surface area contributed by atoms with Crippen molar-refractivity contribution in [1.29, 1.82) is 0 Å². The summed E-state index contributed by atoms with van der Waals surface area (Å²) in [5.74, 6) is -0.978. The molecule has 1 N–H and O–H groups in total. The van der Waals surface area contributed by atoms with Crippen LogP contribution in [0.15, 0.2) is 77.7 Å². The molecular formula is C27H24ClN3O3. The molecule has 0 saturated carbocycles. The van der Waals surface area contributed by atoms with Crippen LogP contribution in [0.25, 0.3) is 21.9 Å². The Balaban J connectivity index is 1.72. The maximum atomic E-state index is 13.9. The summed E-state index contributed by atoms with van der Waals surface area (Å²) in [6.07, 6.45) is 1.84.